The first-order valence-electron chi connectivity index (χ1n) is 9.75. The van der Waals surface area contributed by atoms with Gasteiger partial charge in [0.15, 0.2) is 5.60 Å². The maximum absolute atomic E-state index is 6.36. The van der Waals surface area contributed by atoms with Gasteiger partial charge in [0.25, 0.3) is 0 Å². The Labute approximate surface area is 172 Å². The maximum Gasteiger partial charge on any atom is 0.184 e. The first-order chi connectivity index (χ1) is 14.3. The van der Waals surface area contributed by atoms with Crippen LogP contribution in [0, 0.1) is 0 Å². The van der Waals surface area contributed by atoms with Crippen molar-refractivity contribution in [3.05, 3.63) is 144 Å². The molecule has 142 valence electrons. The van der Waals surface area contributed by atoms with E-state index in [0.29, 0.717) is 0 Å². The lowest BCUT2D eigenvalue weighted by Crippen LogP contribution is -2.26. The molecule has 0 unspecified atom stereocenters. The fourth-order valence-corrected chi connectivity index (χ4v) is 3.39. The van der Waals surface area contributed by atoms with Crippen LogP contribution in [0.4, 0.5) is 0 Å². The summed E-state index contributed by atoms with van der Waals surface area (Å²) in [7, 11) is 0. The third-order valence-electron chi connectivity index (χ3n) is 5.06. The van der Waals surface area contributed by atoms with E-state index in [1.165, 1.54) is 0 Å². The summed E-state index contributed by atoms with van der Waals surface area (Å²) in [6.07, 6.45) is 0. The zero-order chi connectivity index (χ0) is 19.9. The van der Waals surface area contributed by atoms with Crippen molar-refractivity contribution >= 4 is 5.71 Å². The maximum atomic E-state index is 6.36. The minimum atomic E-state index is -0.711. The van der Waals surface area contributed by atoms with Crippen LogP contribution in [0.25, 0.3) is 0 Å². The average Bonchev–Trinajstić information content (AvgIpc) is 2.81. The van der Waals surface area contributed by atoms with Gasteiger partial charge >= 0.3 is 0 Å². The smallest absolute Gasteiger partial charge is 0.184 e. The first kappa shape index (κ1) is 18.7. The fraction of sp³-hybridized carbons (Fsp3) is 0.0741. The molecular formula is C27H23NO. The van der Waals surface area contributed by atoms with Gasteiger partial charge < -0.3 is 4.84 Å². The van der Waals surface area contributed by atoms with E-state index >= 15 is 0 Å². The lowest BCUT2D eigenvalue weighted by Gasteiger charge is -2.29. The van der Waals surface area contributed by atoms with Crippen LogP contribution in [0.1, 0.15) is 29.2 Å². The summed E-state index contributed by atoms with van der Waals surface area (Å²) in [5.74, 6) is 0. The second-order valence-corrected chi connectivity index (χ2v) is 7.03. The van der Waals surface area contributed by atoms with Gasteiger partial charge in [-0.1, -0.05) is 126 Å². The Bertz CT molecular complexity index is 978. The molecule has 0 aliphatic heterocycles. The molecule has 0 heterocycles. The van der Waals surface area contributed by atoms with Crippen LogP contribution in [0.2, 0.25) is 0 Å². The molecule has 0 N–H and O–H groups in total. The second kappa shape index (κ2) is 8.57. The summed E-state index contributed by atoms with van der Waals surface area (Å²) in [4.78, 5) is 6.36. The molecule has 0 fully saturated rings. The lowest BCUT2D eigenvalue weighted by molar-refractivity contribution is -0.000138. The molecule has 0 radical (unpaired) electrons. The quantitative estimate of drug-likeness (QED) is 0.281. The number of nitrogens with zero attached hydrogens (tertiary/aromatic N) is 1. The normalized spacial score (nSPS) is 10.9. The van der Waals surface area contributed by atoms with Crippen molar-refractivity contribution in [1.82, 2.24) is 0 Å². The highest BCUT2D eigenvalue weighted by molar-refractivity contribution is 6.12. The highest BCUT2D eigenvalue weighted by Gasteiger charge is 2.31. The topological polar surface area (TPSA) is 21.6 Å². The monoisotopic (exact) mass is 377 g/mol. The summed E-state index contributed by atoms with van der Waals surface area (Å²) in [5, 5.41) is 4.71. The molecule has 0 saturated carbocycles. The van der Waals surface area contributed by atoms with Crippen LogP contribution in [0.15, 0.2) is 126 Å². The summed E-state index contributed by atoms with van der Waals surface area (Å²) in [5.41, 5.74) is 4.23. The van der Waals surface area contributed by atoms with Crippen molar-refractivity contribution in [2.45, 2.75) is 12.5 Å². The summed E-state index contributed by atoms with van der Waals surface area (Å²) >= 11 is 0. The van der Waals surface area contributed by atoms with Crippen molar-refractivity contribution in [2.75, 3.05) is 0 Å². The Kier molecular flexibility index (Phi) is 5.53. The first-order valence-corrected chi connectivity index (χ1v) is 9.75. The molecule has 0 saturated heterocycles. The molecule has 0 aliphatic carbocycles. The number of benzene rings is 4. The van der Waals surface area contributed by atoms with Crippen LogP contribution < -0.4 is 0 Å². The SMILES string of the molecule is CC(ON=C(c1ccccc1)c1ccccc1)(c1ccccc1)c1ccccc1. The van der Waals surface area contributed by atoms with E-state index in [-0.39, 0.29) is 0 Å². The summed E-state index contributed by atoms with van der Waals surface area (Å²) < 4.78 is 0. The van der Waals surface area contributed by atoms with Gasteiger partial charge in [-0.05, 0) is 6.92 Å². The van der Waals surface area contributed by atoms with Gasteiger partial charge in [-0.25, -0.2) is 0 Å². The third-order valence-corrected chi connectivity index (χ3v) is 5.06. The van der Waals surface area contributed by atoms with E-state index in [1.807, 2.05) is 72.8 Å². The third kappa shape index (κ3) is 4.12. The summed E-state index contributed by atoms with van der Waals surface area (Å²) in [6, 6.07) is 40.7. The molecule has 0 aromatic heterocycles. The van der Waals surface area contributed by atoms with E-state index in [9.17, 15) is 0 Å². The highest BCUT2D eigenvalue weighted by Crippen LogP contribution is 2.34. The molecular weight excluding hydrogens is 354 g/mol. The molecule has 0 spiro atoms. The van der Waals surface area contributed by atoms with E-state index < -0.39 is 5.60 Å². The Morgan fingerprint density at radius 2 is 0.897 bits per heavy atom. The molecule has 2 nitrogen and oxygen atoms in total. The van der Waals surface area contributed by atoms with Gasteiger partial charge in [-0.2, -0.15) is 0 Å². The predicted molar refractivity (Wildman–Crippen MR) is 119 cm³/mol. The predicted octanol–water partition coefficient (Wildman–Crippen LogP) is 6.42. The van der Waals surface area contributed by atoms with Gasteiger partial charge in [0, 0.05) is 22.3 Å². The Morgan fingerprint density at radius 1 is 0.552 bits per heavy atom. The van der Waals surface area contributed by atoms with Crippen molar-refractivity contribution in [2.24, 2.45) is 5.16 Å². The molecule has 4 aromatic carbocycles. The van der Waals surface area contributed by atoms with Crippen LogP contribution in [0.5, 0.6) is 0 Å². The van der Waals surface area contributed by atoms with E-state index in [0.717, 1.165) is 28.0 Å². The van der Waals surface area contributed by atoms with Crippen molar-refractivity contribution in [3.8, 4) is 0 Å². The molecule has 2 heteroatoms. The van der Waals surface area contributed by atoms with E-state index in [2.05, 4.69) is 55.5 Å². The minimum Gasteiger partial charge on any atom is -0.379 e. The van der Waals surface area contributed by atoms with Gasteiger partial charge in [0.05, 0.1) is 0 Å². The van der Waals surface area contributed by atoms with Gasteiger partial charge in [-0.3, -0.25) is 0 Å². The summed E-state index contributed by atoms with van der Waals surface area (Å²) in [6.45, 7) is 2.06. The molecule has 4 aromatic rings. The van der Waals surface area contributed by atoms with Crippen LogP contribution in [-0.2, 0) is 10.4 Å². The standard InChI is InChI=1S/C27H23NO/c1-27(24-18-10-4-11-19-24,25-20-12-5-13-21-25)29-28-26(22-14-6-2-7-15-22)23-16-8-3-9-17-23/h2-21H,1H3. The van der Waals surface area contributed by atoms with Gasteiger partial charge in [0.2, 0.25) is 0 Å². The molecule has 0 atom stereocenters. The number of rotatable bonds is 6. The zero-order valence-corrected chi connectivity index (χ0v) is 16.4. The fourth-order valence-electron chi connectivity index (χ4n) is 3.39. The number of hydrogen-bond acceptors (Lipinski definition) is 2. The lowest BCUT2D eigenvalue weighted by atomic mass is 9.88. The van der Waals surface area contributed by atoms with E-state index in [1.54, 1.807) is 0 Å². The molecule has 4 rings (SSSR count). The highest BCUT2D eigenvalue weighted by atomic mass is 16.6. The van der Waals surface area contributed by atoms with Gasteiger partial charge in [-0.15, -0.1) is 0 Å². The molecule has 0 amide bonds. The number of oxime groups is 1. The largest absolute Gasteiger partial charge is 0.379 e. The second-order valence-electron chi connectivity index (χ2n) is 7.03. The Morgan fingerprint density at radius 3 is 1.28 bits per heavy atom. The van der Waals surface area contributed by atoms with Crippen LogP contribution in [0.3, 0.4) is 0 Å². The zero-order valence-electron chi connectivity index (χ0n) is 16.4. The molecule has 29 heavy (non-hydrogen) atoms. The number of hydrogen-bond donors (Lipinski definition) is 0. The van der Waals surface area contributed by atoms with E-state index in [4.69, 9.17) is 9.99 Å². The van der Waals surface area contributed by atoms with Crippen LogP contribution >= 0.6 is 0 Å². The Balaban J connectivity index is 1.81. The minimum absolute atomic E-state index is 0.711. The molecule has 0 aliphatic rings. The van der Waals surface area contributed by atoms with Crippen molar-refractivity contribution in [3.63, 3.8) is 0 Å². The average molecular weight is 377 g/mol. The van der Waals surface area contributed by atoms with Gasteiger partial charge in [0.1, 0.15) is 5.71 Å². The van der Waals surface area contributed by atoms with Crippen molar-refractivity contribution < 1.29 is 4.84 Å². The Hall–Kier alpha value is -3.65. The van der Waals surface area contributed by atoms with Crippen LogP contribution in [-0.4, -0.2) is 5.71 Å². The van der Waals surface area contributed by atoms with Crippen molar-refractivity contribution in [1.29, 1.82) is 0 Å². The molecule has 0 bridgehead atoms.